The minimum absolute atomic E-state index is 0.00195. The highest BCUT2D eigenvalue weighted by Gasteiger charge is 2.31. The van der Waals surface area contributed by atoms with Crippen LogP contribution in [0.1, 0.15) is 25.1 Å². The van der Waals surface area contributed by atoms with Crippen LogP contribution in [0.2, 0.25) is 0 Å². The Labute approximate surface area is 213 Å². The first-order chi connectivity index (χ1) is 17.0. The first-order valence-corrected chi connectivity index (χ1v) is 11.9. The monoisotopic (exact) mass is 520 g/mol. The van der Waals surface area contributed by atoms with Gasteiger partial charge in [0.25, 0.3) is 0 Å². The lowest BCUT2D eigenvalue weighted by molar-refractivity contribution is -0.143. The van der Waals surface area contributed by atoms with E-state index < -0.39 is 53.8 Å². The maximum absolute atomic E-state index is 13.3. The number of aromatic nitrogens is 2. The van der Waals surface area contributed by atoms with Gasteiger partial charge in [-0.2, -0.15) is 12.6 Å². The van der Waals surface area contributed by atoms with Crippen LogP contribution in [0, 0.1) is 5.92 Å². The molecule has 0 saturated heterocycles. The molecule has 4 unspecified atom stereocenters. The number of carboxylic acids is 1. The lowest BCUT2D eigenvalue weighted by Crippen LogP contribution is -2.58. The van der Waals surface area contributed by atoms with Gasteiger partial charge in [0, 0.05) is 30.5 Å². The third-order valence-corrected chi connectivity index (χ3v) is 5.78. The Morgan fingerprint density at radius 2 is 1.58 bits per heavy atom. The van der Waals surface area contributed by atoms with E-state index in [2.05, 4.69) is 38.5 Å². The highest BCUT2D eigenvalue weighted by Crippen LogP contribution is 2.12. The molecule has 0 aliphatic heterocycles. The Kier molecular flexibility index (Phi) is 10.7. The molecule has 2 rings (SSSR count). The number of imidazole rings is 1. The predicted octanol–water partition coefficient (Wildman–Crippen LogP) is -0.647. The summed E-state index contributed by atoms with van der Waals surface area (Å²) in [5.41, 5.74) is 6.91. The number of H-pyrrole nitrogens is 1. The van der Waals surface area contributed by atoms with Gasteiger partial charge in [0.1, 0.15) is 23.9 Å². The molecule has 1 heterocycles. The molecule has 36 heavy (non-hydrogen) atoms. The van der Waals surface area contributed by atoms with Gasteiger partial charge in [-0.3, -0.25) is 14.4 Å². The fourth-order valence-corrected chi connectivity index (χ4v) is 3.47. The molecule has 0 saturated carbocycles. The van der Waals surface area contributed by atoms with Crippen molar-refractivity contribution in [2.75, 3.05) is 5.75 Å². The largest absolute Gasteiger partial charge is 0.508 e. The van der Waals surface area contributed by atoms with E-state index in [0.29, 0.717) is 11.3 Å². The van der Waals surface area contributed by atoms with Crippen molar-refractivity contribution in [1.82, 2.24) is 25.9 Å². The van der Waals surface area contributed by atoms with E-state index in [1.807, 2.05) is 0 Å². The number of carbonyl (C=O) groups is 4. The van der Waals surface area contributed by atoms with E-state index in [-0.39, 0.29) is 24.3 Å². The summed E-state index contributed by atoms with van der Waals surface area (Å²) in [7, 11) is 0. The molecule has 1 aromatic carbocycles. The zero-order valence-electron chi connectivity index (χ0n) is 20.0. The second-order valence-electron chi connectivity index (χ2n) is 8.63. The van der Waals surface area contributed by atoms with Crippen molar-refractivity contribution in [1.29, 1.82) is 0 Å². The van der Waals surface area contributed by atoms with Gasteiger partial charge in [-0.1, -0.05) is 26.0 Å². The van der Waals surface area contributed by atoms with Crippen LogP contribution in [0.3, 0.4) is 0 Å². The highest BCUT2D eigenvalue weighted by atomic mass is 32.1. The van der Waals surface area contributed by atoms with Gasteiger partial charge in [-0.25, -0.2) is 9.78 Å². The van der Waals surface area contributed by atoms with Crippen LogP contribution in [-0.2, 0) is 32.0 Å². The van der Waals surface area contributed by atoms with Crippen LogP contribution in [0.5, 0.6) is 5.75 Å². The Hall–Kier alpha value is -3.58. The maximum atomic E-state index is 13.3. The molecule has 0 spiro atoms. The lowest BCUT2D eigenvalue weighted by Gasteiger charge is -2.26. The average molecular weight is 521 g/mol. The first-order valence-electron chi connectivity index (χ1n) is 11.3. The smallest absolute Gasteiger partial charge is 0.326 e. The van der Waals surface area contributed by atoms with E-state index in [0.717, 1.165) is 0 Å². The number of hydrogen-bond donors (Lipinski definition) is 8. The number of aromatic amines is 1. The van der Waals surface area contributed by atoms with Gasteiger partial charge in [0.05, 0.1) is 12.4 Å². The van der Waals surface area contributed by atoms with Crippen molar-refractivity contribution >= 4 is 36.3 Å². The molecule has 12 nitrogen and oxygen atoms in total. The zero-order valence-corrected chi connectivity index (χ0v) is 20.9. The summed E-state index contributed by atoms with van der Waals surface area (Å²) < 4.78 is 0. The number of phenolic OH excluding ortho intramolecular Hbond substituents is 1. The van der Waals surface area contributed by atoms with E-state index in [9.17, 15) is 29.4 Å². The van der Waals surface area contributed by atoms with E-state index in [1.165, 1.54) is 24.7 Å². The van der Waals surface area contributed by atoms with Crippen molar-refractivity contribution in [3.05, 3.63) is 48.0 Å². The maximum Gasteiger partial charge on any atom is 0.326 e. The van der Waals surface area contributed by atoms with Crippen LogP contribution >= 0.6 is 12.6 Å². The Morgan fingerprint density at radius 3 is 2.11 bits per heavy atom. The average Bonchev–Trinajstić information content (AvgIpc) is 3.34. The van der Waals surface area contributed by atoms with Gasteiger partial charge in [-0.05, 0) is 23.6 Å². The molecule has 1 aromatic heterocycles. The Balaban J connectivity index is 2.28. The summed E-state index contributed by atoms with van der Waals surface area (Å²) in [6, 6.07) is 1.65. The summed E-state index contributed by atoms with van der Waals surface area (Å²) in [4.78, 5) is 57.1. The molecular formula is C23H32N6O6S. The SMILES string of the molecule is CC(C)C(NC(=O)C(Cc1cnc[nH]1)NC(=O)C(Cc1ccc(O)cc1)NC(=O)C(N)CS)C(=O)O. The molecule has 0 radical (unpaired) electrons. The number of nitrogens with zero attached hydrogens (tertiary/aromatic N) is 1. The normalized spacial score (nSPS) is 14.4. The minimum atomic E-state index is -1.21. The number of benzene rings is 1. The van der Waals surface area contributed by atoms with Crippen molar-refractivity contribution in [3.8, 4) is 5.75 Å². The molecular weight excluding hydrogens is 488 g/mol. The van der Waals surface area contributed by atoms with Crippen molar-refractivity contribution in [3.63, 3.8) is 0 Å². The molecule has 196 valence electrons. The van der Waals surface area contributed by atoms with E-state index in [1.54, 1.807) is 26.0 Å². The number of thiol groups is 1. The third-order valence-electron chi connectivity index (χ3n) is 5.38. The molecule has 0 fully saturated rings. The summed E-state index contributed by atoms with van der Waals surface area (Å²) in [5.74, 6) is -3.52. The number of aromatic hydroxyl groups is 1. The van der Waals surface area contributed by atoms with Crippen molar-refractivity contribution in [2.45, 2.75) is 50.9 Å². The highest BCUT2D eigenvalue weighted by molar-refractivity contribution is 7.80. The minimum Gasteiger partial charge on any atom is -0.508 e. The number of carboxylic acid groups (broad SMARTS) is 1. The number of amides is 3. The number of nitrogens with one attached hydrogen (secondary N) is 4. The fourth-order valence-electron chi connectivity index (χ4n) is 3.30. The van der Waals surface area contributed by atoms with E-state index in [4.69, 9.17) is 5.73 Å². The predicted molar refractivity (Wildman–Crippen MR) is 134 cm³/mol. The number of rotatable bonds is 13. The first kappa shape index (κ1) is 28.7. The van der Waals surface area contributed by atoms with Gasteiger partial charge in [-0.15, -0.1) is 0 Å². The van der Waals surface area contributed by atoms with Crippen LogP contribution in [0.25, 0.3) is 0 Å². The second-order valence-corrected chi connectivity index (χ2v) is 9.00. The molecule has 4 atom stereocenters. The molecule has 13 heteroatoms. The third kappa shape index (κ3) is 8.57. The van der Waals surface area contributed by atoms with Gasteiger partial charge >= 0.3 is 5.97 Å². The van der Waals surface area contributed by atoms with Gasteiger partial charge < -0.3 is 36.9 Å². The molecule has 8 N–H and O–H groups in total. The Bertz CT molecular complexity index is 1030. The summed E-state index contributed by atoms with van der Waals surface area (Å²) >= 11 is 4.01. The van der Waals surface area contributed by atoms with Crippen molar-refractivity contribution < 1.29 is 29.4 Å². The summed E-state index contributed by atoms with van der Waals surface area (Å²) in [6.07, 6.45) is 2.93. The van der Waals surface area contributed by atoms with Crippen LogP contribution in [-0.4, -0.2) is 73.8 Å². The van der Waals surface area contributed by atoms with E-state index >= 15 is 0 Å². The number of nitrogens with two attached hydrogens (primary N) is 1. The Morgan fingerprint density at radius 1 is 1.00 bits per heavy atom. The molecule has 0 aliphatic carbocycles. The number of hydrogen-bond acceptors (Lipinski definition) is 8. The molecule has 0 aliphatic rings. The standard InChI is InChI=1S/C23H32N6O6S/c1-12(2)19(23(34)35)29-22(33)18(8-14-9-25-11-26-14)28-21(32)17(27-20(31)16(24)10-36)7-13-3-5-15(30)6-4-13/h3-6,9,11-12,16-19,30,36H,7-8,10,24H2,1-2H3,(H,25,26)(H,27,31)(H,28,32)(H,29,33)(H,34,35). The summed E-state index contributed by atoms with van der Waals surface area (Å²) in [6.45, 7) is 3.30. The fraction of sp³-hybridized carbons (Fsp3) is 0.435. The number of carbonyl (C=O) groups excluding carboxylic acids is 3. The van der Waals surface area contributed by atoms with Crippen LogP contribution in [0.4, 0.5) is 0 Å². The van der Waals surface area contributed by atoms with Crippen LogP contribution < -0.4 is 21.7 Å². The lowest BCUT2D eigenvalue weighted by atomic mass is 10.0. The zero-order chi connectivity index (χ0) is 26.8. The molecule has 0 bridgehead atoms. The second kappa shape index (κ2) is 13.5. The molecule has 3 amide bonds. The van der Waals surface area contributed by atoms with Gasteiger partial charge in [0.2, 0.25) is 17.7 Å². The number of phenols is 1. The van der Waals surface area contributed by atoms with Crippen LogP contribution in [0.15, 0.2) is 36.8 Å². The van der Waals surface area contributed by atoms with Crippen molar-refractivity contribution in [2.24, 2.45) is 11.7 Å². The van der Waals surface area contributed by atoms with Gasteiger partial charge in [0.15, 0.2) is 0 Å². The quantitative estimate of drug-likeness (QED) is 0.159. The number of aliphatic carboxylic acids is 1. The molecule has 2 aromatic rings. The topological polar surface area (TPSA) is 200 Å². The summed E-state index contributed by atoms with van der Waals surface area (Å²) in [5, 5.41) is 26.7.